The lowest BCUT2D eigenvalue weighted by molar-refractivity contribution is -0.181. The molecule has 4 fully saturated rings. The van der Waals surface area contributed by atoms with Gasteiger partial charge in [-0.2, -0.15) is 13.7 Å². The summed E-state index contributed by atoms with van der Waals surface area (Å²) in [7, 11) is -0.730. The molecule has 1 amide bonds. The third-order valence-corrected chi connectivity index (χ3v) is 12.5. The van der Waals surface area contributed by atoms with Gasteiger partial charge in [-0.15, -0.1) is 0 Å². The Bertz CT molecular complexity index is 1770. The molecule has 0 saturated carbocycles. The van der Waals surface area contributed by atoms with Crippen LogP contribution in [0.25, 0.3) is 0 Å². The molecule has 5 aliphatic rings. The lowest BCUT2D eigenvalue weighted by atomic mass is 9.65. The fourth-order valence-electron chi connectivity index (χ4n) is 8.34. The van der Waals surface area contributed by atoms with Gasteiger partial charge in [0.1, 0.15) is 17.0 Å². The van der Waals surface area contributed by atoms with E-state index >= 15 is 4.79 Å². The number of allylic oxidation sites excluding steroid dienone is 2. The van der Waals surface area contributed by atoms with E-state index in [-0.39, 0.29) is 15.5 Å². The van der Waals surface area contributed by atoms with Gasteiger partial charge in [-0.05, 0) is 76.3 Å². The number of halogens is 1. The number of carbonyl (C=O) groups excluding carboxylic acids is 1. The Morgan fingerprint density at radius 2 is 1.87 bits per heavy atom. The summed E-state index contributed by atoms with van der Waals surface area (Å²) in [5.74, 6) is -0.366. The zero-order valence-corrected chi connectivity index (χ0v) is 28.4. The molecule has 1 spiro atoms. The third kappa shape index (κ3) is 5.06. The van der Waals surface area contributed by atoms with E-state index in [2.05, 4.69) is 32.8 Å². The summed E-state index contributed by atoms with van der Waals surface area (Å²) in [6.07, 6.45) is 8.52. The normalized spacial score (nSPS) is 27.9. The number of sulfonamides is 1. The molecule has 0 radical (unpaired) electrons. The molecule has 1 aromatic heterocycles. The number of piperidine rings is 1. The molecule has 4 saturated heterocycles. The summed E-state index contributed by atoms with van der Waals surface area (Å²) >= 11 is 6.05. The molecule has 2 aromatic rings. The molecular formula is C34H39ClN6O5S. The second kappa shape index (κ2) is 11.9. The van der Waals surface area contributed by atoms with Gasteiger partial charge in [-0.3, -0.25) is 14.6 Å². The van der Waals surface area contributed by atoms with Gasteiger partial charge in [-0.25, -0.2) is 9.29 Å². The number of methoxy groups -OCH3 is 1. The van der Waals surface area contributed by atoms with Gasteiger partial charge in [0, 0.05) is 60.9 Å². The van der Waals surface area contributed by atoms with E-state index < -0.39 is 33.4 Å². The maximum Gasteiger partial charge on any atom is 0.284 e. The van der Waals surface area contributed by atoms with Crippen LogP contribution in [0.1, 0.15) is 25.3 Å². The number of nitriles is 1. The topological polar surface area (TPSA) is 119 Å². The number of nitrogens with zero attached hydrogens (tertiary/aromatic N) is 6. The minimum atomic E-state index is -4.45. The van der Waals surface area contributed by atoms with Crippen LogP contribution < -0.4 is 9.47 Å². The van der Waals surface area contributed by atoms with Crippen LogP contribution in [0.3, 0.4) is 0 Å². The second-order valence-electron chi connectivity index (χ2n) is 13.4. The molecule has 1 aliphatic carbocycles. The summed E-state index contributed by atoms with van der Waals surface area (Å²) in [6.45, 7) is 7.44. The molecule has 248 valence electrons. The molecule has 1 aromatic carbocycles. The van der Waals surface area contributed by atoms with Crippen molar-refractivity contribution in [2.75, 3.05) is 60.0 Å². The van der Waals surface area contributed by atoms with Gasteiger partial charge in [0.15, 0.2) is 5.03 Å². The monoisotopic (exact) mass is 678 g/mol. The average molecular weight is 679 g/mol. The Balaban J connectivity index is 1.34. The lowest BCUT2D eigenvalue weighted by Crippen LogP contribution is -2.78. The van der Waals surface area contributed by atoms with Crippen LogP contribution in [0.4, 0.5) is 0 Å². The lowest BCUT2D eigenvalue weighted by Gasteiger charge is -2.66. The van der Waals surface area contributed by atoms with E-state index in [0.717, 1.165) is 43.3 Å². The number of carbonyl (C=O) groups is 1. The first kappa shape index (κ1) is 32.1. The van der Waals surface area contributed by atoms with Crippen molar-refractivity contribution in [1.82, 2.24) is 24.0 Å². The van der Waals surface area contributed by atoms with Crippen molar-refractivity contribution in [2.45, 2.75) is 42.4 Å². The number of likely N-dealkylation sites (tertiary alicyclic amines) is 3. The highest BCUT2D eigenvalue weighted by Crippen LogP contribution is 2.58. The van der Waals surface area contributed by atoms with Gasteiger partial charge in [-0.1, -0.05) is 23.8 Å². The van der Waals surface area contributed by atoms with Crippen molar-refractivity contribution in [1.29, 1.82) is 5.26 Å². The fourth-order valence-corrected chi connectivity index (χ4v) is 9.96. The van der Waals surface area contributed by atoms with Gasteiger partial charge in [0.05, 0.1) is 30.9 Å². The van der Waals surface area contributed by atoms with E-state index in [9.17, 15) is 13.7 Å². The maximum atomic E-state index is 15.3. The van der Waals surface area contributed by atoms with Gasteiger partial charge < -0.3 is 14.4 Å². The molecule has 13 heteroatoms. The summed E-state index contributed by atoms with van der Waals surface area (Å²) in [5, 5.41) is 10.0. The molecule has 0 bridgehead atoms. The average Bonchev–Trinajstić information content (AvgIpc) is 3.29. The van der Waals surface area contributed by atoms with Crippen LogP contribution in [-0.4, -0.2) is 110 Å². The summed E-state index contributed by atoms with van der Waals surface area (Å²) in [4.78, 5) is 26.5. The summed E-state index contributed by atoms with van der Waals surface area (Å²) in [5.41, 5.74) is -0.631. The number of pyridine rings is 1. The van der Waals surface area contributed by atoms with Crippen LogP contribution in [0.5, 0.6) is 11.5 Å². The first-order valence-electron chi connectivity index (χ1n) is 16.1. The highest BCUT2D eigenvalue weighted by molar-refractivity contribution is 7.89. The Labute approximate surface area is 281 Å². The van der Waals surface area contributed by atoms with E-state index in [1.165, 1.54) is 18.3 Å². The standard InChI is InChI=1S/C34H39ClN6O5S/c1-4-46-30-9-7-26(45-3)16-28(30)34(40-21-33(22-40)19-39(20-33)25-11-13-38(2)14-12-25)27-15-23(17-36)5-8-29(27)41(32(34)42)47(43,44)31-10-6-24(35)18-37-31/h5-10,15-16,18,25,27,29H,4,11-14,19-22H2,1-3H3/t27?,29?,34-/m0/s1. The second-order valence-corrected chi connectivity index (χ2v) is 15.6. The SMILES string of the molecule is CCOc1ccc(OC)cc1[C@]1(N2CC3(CN(C4CCN(C)CC4)C3)C2)C(=O)N(S(=O)(=O)c2ccc(Cl)cn2)C2C=CC(C#N)=CC21. The van der Waals surface area contributed by atoms with Crippen LogP contribution in [-0.2, 0) is 20.4 Å². The minimum absolute atomic E-state index is 0.00687. The number of ether oxygens (including phenoxy) is 2. The number of aromatic nitrogens is 1. The first-order chi connectivity index (χ1) is 22.6. The van der Waals surface area contributed by atoms with Gasteiger partial charge >= 0.3 is 0 Å². The Morgan fingerprint density at radius 3 is 2.51 bits per heavy atom. The van der Waals surface area contributed by atoms with Crippen molar-refractivity contribution in [2.24, 2.45) is 11.3 Å². The third-order valence-electron chi connectivity index (χ3n) is 10.6. The molecular weight excluding hydrogens is 640 g/mol. The van der Waals surface area contributed by atoms with Crippen LogP contribution in [0, 0.1) is 22.7 Å². The number of hydrogen-bond acceptors (Lipinski definition) is 10. The van der Waals surface area contributed by atoms with Crippen molar-refractivity contribution < 1.29 is 22.7 Å². The summed E-state index contributed by atoms with van der Waals surface area (Å²) < 4.78 is 41.5. The molecule has 47 heavy (non-hydrogen) atoms. The Hall–Kier alpha value is -3.47. The van der Waals surface area contributed by atoms with Crippen molar-refractivity contribution in [3.05, 3.63) is 70.9 Å². The first-order valence-corrected chi connectivity index (χ1v) is 17.9. The van der Waals surface area contributed by atoms with Gasteiger partial charge in [0.25, 0.3) is 15.9 Å². The predicted molar refractivity (Wildman–Crippen MR) is 175 cm³/mol. The molecule has 4 aliphatic heterocycles. The summed E-state index contributed by atoms with van der Waals surface area (Å²) in [6, 6.07) is 9.94. The van der Waals surface area contributed by atoms with Crippen LogP contribution >= 0.6 is 11.6 Å². The van der Waals surface area contributed by atoms with Crippen molar-refractivity contribution >= 4 is 27.5 Å². The molecule has 0 N–H and O–H groups in total. The zero-order chi connectivity index (χ0) is 33.1. The molecule has 3 atom stereocenters. The number of fused-ring (bicyclic) bond motifs is 1. The number of benzene rings is 1. The van der Waals surface area contributed by atoms with Crippen LogP contribution in [0.2, 0.25) is 5.02 Å². The van der Waals surface area contributed by atoms with Crippen molar-refractivity contribution in [3.63, 3.8) is 0 Å². The van der Waals surface area contributed by atoms with Crippen LogP contribution in [0.15, 0.2) is 65.4 Å². The number of amides is 1. The quantitative estimate of drug-likeness (QED) is 0.412. The number of hydrogen-bond donors (Lipinski definition) is 0. The predicted octanol–water partition coefficient (Wildman–Crippen LogP) is 3.29. The molecule has 5 heterocycles. The molecule has 7 rings (SSSR count). The molecule has 2 unspecified atom stereocenters. The number of rotatable bonds is 8. The highest BCUT2D eigenvalue weighted by atomic mass is 35.5. The largest absolute Gasteiger partial charge is 0.497 e. The smallest absolute Gasteiger partial charge is 0.284 e. The van der Waals surface area contributed by atoms with Gasteiger partial charge in [0.2, 0.25) is 0 Å². The maximum absolute atomic E-state index is 15.3. The van der Waals surface area contributed by atoms with Crippen molar-refractivity contribution in [3.8, 4) is 17.6 Å². The zero-order valence-electron chi connectivity index (χ0n) is 26.8. The van der Waals surface area contributed by atoms with E-state index in [1.807, 2.05) is 6.92 Å². The highest BCUT2D eigenvalue weighted by Gasteiger charge is 2.70. The Kier molecular flexibility index (Phi) is 8.12. The van der Waals surface area contributed by atoms with E-state index in [4.69, 9.17) is 21.1 Å². The fraction of sp³-hybridized carbons (Fsp3) is 0.500. The van der Waals surface area contributed by atoms with E-state index in [1.54, 1.807) is 43.5 Å². The Morgan fingerprint density at radius 1 is 1.13 bits per heavy atom. The van der Waals surface area contributed by atoms with E-state index in [0.29, 0.717) is 48.4 Å². The molecule has 11 nitrogen and oxygen atoms in total. The minimum Gasteiger partial charge on any atom is -0.497 e.